The van der Waals surface area contributed by atoms with Crippen LogP contribution in [0.5, 0.6) is 0 Å². The summed E-state index contributed by atoms with van der Waals surface area (Å²) >= 11 is 0. The third-order valence-electron chi connectivity index (χ3n) is 5.45. The van der Waals surface area contributed by atoms with Crippen molar-refractivity contribution in [2.45, 2.75) is 46.3 Å². The molecular weight excluding hydrogens is 414 g/mol. The van der Waals surface area contributed by atoms with E-state index >= 15 is 0 Å². The number of aromatic nitrogens is 2. The van der Waals surface area contributed by atoms with E-state index < -0.39 is 0 Å². The van der Waals surface area contributed by atoms with Gasteiger partial charge in [0, 0.05) is 31.2 Å². The molecule has 2 N–H and O–H groups in total. The first-order valence-corrected chi connectivity index (χ1v) is 11.5. The number of nitrogens with one attached hydrogen (secondary N) is 2. The minimum absolute atomic E-state index is 0.269. The number of rotatable bonds is 11. The predicted octanol–water partition coefficient (Wildman–Crippen LogP) is 4.24. The van der Waals surface area contributed by atoms with Crippen molar-refractivity contribution < 1.29 is 4.79 Å². The van der Waals surface area contributed by atoms with E-state index in [9.17, 15) is 9.59 Å². The van der Waals surface area contributed by atoms with E-state index in [0.29, 0.717) is 18.8 Å². The minimum Gasteiger partial charge on any atom is -0.334 e. The summed E-state index contributed by atoms with van der Waals surface area (Å²) in [6.45, 7) is 8.29. The smallest absolute Gasteiger partial charge is 0.334 e. The molecule has 0 aliphatic carbocycles. The molecule has 0 fully saturated rings. The van der Waals surface area contributed by atoms with Crippen molar-refractivity contribution >= 4 is 11.7 Å². The van der Waals surface area contributed by atoms with Crippen LogP contribution in [0.1, 0.15) is 43.4 Å². The molecule has 7 heteroatoms. The topological polar surface area (TPSA) is 79.3 Å². The molecule has 2 aromatic carbocycles. The van der Waals surface area contributed by atoms with Gasteiger partial charge >= 0.3 is 11.7 Å². The van der Waals surface area contributed by atoms with Crippen LogP contribution in [0.3, 0.4) is 0 Å². The summed E-state index contributed by atoms with van der Waals surface area (Å²) in [6, 6.07) is 17.3. The molecule has 0 saturated heterocycles. The van der Waals surface area contributed by atoms with Crippen molar-refractivity contribution in [1.29, 1.82) is 0 Å². The van der Waals surface area contributed by atoms with E-state index in [1.54, 1.807) is 12.3 Å². The molecule has 0 radical (unpaired) electrons. The van der Waals surface area contributed by atoms with Gasteiger partial charge in [0.15, 0.2) is 0 Å². The van der Waals surface area contributed by atoms with Gasteiger partial charge in [0.2, 0.25) is 0 Å². The van der Waals surface area contributed by atoms with Crippen LogP contribution in [0, 0.1) is 0 Å². The molecule has 33 heavy (non-hydrogen) atoms. The second-order valence-corrected chi connectivity index (χ2v) is 8.08. The summed E-state index contributed by atoms with van der Waals surface area (Å²) in [4.78, 5) is 30.5. The molecule has 3 rings (SSSR count). The van der Waals surface area contributed by atoms with Crippen molar-refractivity contribution in [3.63, 3.8) is 0 Å². The first-order chi connectivity index (χ1) is 16.1. The maximum atomic E-state index is 12.4. The lowest BCUT2D eigenvalue weighted by Gasteiger charge is -2.20. The molecule has 7 nitrogen and oxygen atoms in total. The Morgan fingerprint density at radius 2 is 1.82 bits per heavy atom. The van der Waals surface area contributed by atoms with Crippen LogP contribution in [0.2, 0.25) is 0 Å². The van der Waals surface area contributed by atoms with Crippen LogP contribution >= 0.6 is 0 Å². The monoisotopic (exact) mass is 447 g/mol. The van der Waals surface area contributed by atoms with Crippen molar-refractivity contribution in [2.24, 2.45) is 0 Å². The quantitative estimate of drug-likeness (QED) is 0.461. The Kier molecular flexibility index (Phi) is 9.20. The molecule has 0 aliphatic heterocycles. The van der Waals surface area contributed by atoms with Crippen LogP contribution in [0.4, 0.5) is 10.5 Å². The summed E-state index contributed by atoms with van der Waals surface area (Å²) in [7, 11) is 0. The van der Waals surface area contributed by atoms with Gasteiger partial charge in [-0.25, -0.2) is 14.6 Å². The molecule has 1 heterocycles. The van der Waals surface area contributed by atoms with Crippen LogP contribution < -0.4 is 16.3 Å². The zero-order valence-corrected chi connectivity index (χ0v) is 19.5. The van der Waals surface area contributed by atoms with Gasteiger partial charge in [0.1, 0.15) is 0 Å². The number of amides is 2. The average Bonchev–Trinajstić information content (AvgIpc) is 2.82. The van der Waals surface area contributed by atoms with Crippen LogP contribution in [-0.4, -0.2) is 33.6 Å². The fourth-order valence-electron chi connectivity index (χ4n) is 3.64. The number of urea groups is 1. The van der Waals surface area contributed by atoms with Gasteiger partial charge < -0.3 is 10.6 Å². The van der Waals surface area contributed by atoms with Gasteiger partial charge in [-0.2, -0.15) is 0 Å². The Morgan fingerprint density at radius 1 is 1.03 bits per heavy atom. The number of carbonyl (C=O) groups excluding carboxylic acids is 1. The second kappa shape index (κ2) is 12.6. The summed E-state index contributed by atoms with van der Waals surface area (Å²) < 4.78 is 1.52. The van der Waals surface area contributed by atoms with Gasteiger partial charge in [-0.15, -0.1) is 0 Å². The zero-order chi connectivity index (χ0) is 23.5. The zero-order valence-electron chi connectivity index (χ0n) is 19.5. The summed E-state index contributed by atoms with van der Waals surface area (Å²) in [5.41, 5.74) is 3.59. The van der Waals surface area contributed by atoms with E-state index in [0.717, 1.165) is 30.8 Å². The minimum atomic E-state index is -0.303. The molecule has 174 valence electrons. The molecule has 0 aliphatic rings. The van der Waals surface area contributed by atoms with Gasteiger partial charge in [-0.05, 0) is 54.4 Å². The molecule has 1 aromatic heterocycles. The van der Waals surface area contributed by atoms with Crippen molar-refractivity contribution in [3.8, 4) is 0 Å². The fourth-order valence-corrected chi connectivity index (χ4v) is 3.64. The van der Waals surface area contributed by atoms with E-state index in [4.69, 9.17) is 0 Å². The second-order valence-electron chi connectivity index (χ2n) is 8.08. The molecule has 0 atom stereocenters. The maximum absolute atomic E-state index is 12.4. The lowest BCUT2D eigenvalue weighted by molar-refractivity contribution is 0.251. The Bertz CT molecular complexity index is 1100. The highest BCUT2D eigenvalue weighted by molar-refractivity contribution is 5.89. The Hall–Kier alpha value is -3.45. The highest BCUT2D eigenvalue weighted by atomic mass is 16.2. The van der Waals surface area contributed by atoms with Gasteiger partial charge in [-0.1, -0.05) is 56.7 Å². The van der Waals surface area contributed by atoms with Crippen LogP contribution in [0.25, 0.3) is 0 Å². The predicted molar refractivity (Wildman–Crippen MR) is 132 cm³/mol. The summed E-state index contributed by atoms with van der Waals surface area (Å²) in [6.07, 6.45) is 5.57. The summed E-state index contributed by atoms with van der Waals surface area (Å²) in [5, 5.41) is 5.80. The van der Waals surface area contributed by atoms with Crippen LogP contribution in [-0.2, 0) is 19.6 Å². The Labute approximate surface area is 195 Å². The Balaban J connectivity index is 1.53. The lowest BCUT2D eigenvalue weighted by Crippen LogP contribution is -2.28. The molecule has 0 saturated carbocycles. The number of hydrogen-bond donors (Lipinski definition) is 2. The number of benzene rings is 2. The average molecular weight is 448 g/mol. The highest BCUT2D eigenvalue weighted by Gasteiger charge is 2.06. The standard InChI is InChI=1S/C26H33N5O2/c1-3-5-14-30(4-2)19-22-10-6-9-21(16-22)18-28-25(32)29-24-12-7-11-23(17-24)20-31-15-8-13-27-26(31)33/h6-13,15-17H,3-5,14,18-20H2,1-2H3,(H2,28,29,32). The normalized spacial score (nSPS) is 10.9. The Morgan fingerprint density at radius 3 is 2.61 bits per heavy atom. The SMILES string of the molecule is CCCCN(CC)Cc1cccc(CNC(=O)Nc2cccc(Cn3cccnc3=O)c2)c1. The molecule has 0 spiro atoms. The number of nitrogens with zero attached hydrogens (tertiary/aromatic N) is 3. The molecule has 0 bridgehead atoms. The van der Waals surface area contributed by atoms with E-state index in [1.807, 2.05) is 36.4 Å². The first kappa shape index (κ1) is 24.2. The van der Waals surface area contributed by atoms with Crippen molar-refractivity contribution in [1.82, 2.24) is 19.8 Å². The number of anilines is 1. The third kappa shape index (κ3) is 7.88. The van der Waals surface area contributed by atoms with E-state index in [-0.39, 0.29) is 11.7 Å². The fraction of sp³-hybridized carbons (Fsp3) is 0.346. The van der Waals surface area contributed by atoms with Crippen molar-refractivity contribution in [2.75, 3.05) is 18.4 Å². The van der Waals surface area contributed by atoms with E-state index in [1.165, 1.54) is 29.2 Å². The van der Waals surface area contributed by atoms with Gasteiger partial charge in [-0.3, -0.25) is 9.47 Å². The molecular formula is C26H33N5O2. The van der Waals surface area contributed by atoms with E-state index in [2.05, 4.69) is 46.5 Å². The largest absolute Gasteiger partial charge is 0.347 e. The molecule has 2 amide bonds. The van der Waals surface area contributed by atoms with Gasteiger partial charge in [0.25, 0.3) is 0 Å². The molecule has 3 aromatic rings. The third-order valence-corrected chi connectivity index (χ3v) is 5.45. The van der Waals surface area contributed by atoms with Crippen molar-refractivity contribution in [3.05, 3.63) is 94.2 Å². The maximum Gasteiger partial charge on any atom is 0.347 e. The van der Waals surface area contributed by atoms with Crippen LogP contribution in [0.15, 0.2) is 71.8 Å². The molecule has 0 unspecified atom stereocenters. The first-order valence-electron chi connectivity index (χ1n) is 11.5. The number of unbranched alkanes of at least 4 members (excludes halogenated alkanes) is 1. The summed E-state index contributed by atoms with van der Waals surface area (Å²) in [5.74, 6) is 0. The highest BCUT2D eigenvalue weighted by Crippen LogP contribution is 2.12. The lowest BCUT2D eigenvalue weighted by atomic mass is 10.1. The number of carbonyl (C=O) groups is 1. The number of hydrogen-bond acceptors (Lipinski definition) is 4. The van der Waals surface area contributed by atoms with Gasteiger partial charge in [0.05, 0.1) is 6.54 Å².